The maximum absolute atomic E-state index is 13.7. The molecule has 148 valence electrons. The van der Waals surface area contributed by atoms with Gasteiger partial charge < -0.3 is 10.2 Å². The number of hydrogen-bond acceptors (Lipinski definition) is 6. The first kappa shape index (κ1) is 19.8. The third-order valence-corrected chi connectivity index (χ3v) is 4.55. The average molecular weight is 389 g/mol. The first-order chi connectivity index (χ1) is 13.5. The van der Waals surface area contributed by atoms with Crippen LogP contribution in [0, 0.1) is 11.6 Å². The van der Waals surface area contributed by atoms with E-state index in [9.17, 15) is 13.6 Å². The van der Waals surface area contributed by atoms with Crippen LogP contribution in [0.4, 0.5) is 14.6 Å². The SMILES string of the molecule is O=C(/C=C/c1cnc(N[C@@H]2CCN(CCc3c(F)cccc3F)C2)cn1)NO. The van der Waals surface area contributed by atoms with Crippen LogP contribution in [0.25, 0.3) is 6.08 Å². The van der Waals surface area contributed by atoms with E-state index in [2.05, 4.69) is 20.2 Å². The second kappa shape index (κ2) is 9.34. The highest BCUT2D eigenvalue weighted by molar-refractivity contribution is 5.90. The Kier molecular flexibility index (Phi) is 6.62. The monoisotopic (exact) mass is 389 g/mol. The maximum Gasteiger partial charge on any atom is 0.267 e. The summed E-state index contributed by atoms with van der Waals surface area (Å²) >= 11 is 0. The number of nitrogens with one attached hydrogen (secondary N) is 2. The Morgan fingerprint density at radius 3 is 2.75 bits per heavy atom. The highest BCUT2D eigenvalue weighted by Gasteiger charge is 2.23. The molecule has 1 aliphatic rings. The van der Waals surface area contributed by atoms with E-state index in [0.29, 0.717) is 24.5 Å². The van der Waals surface area contributed by atoms with E-state index in [1.54, 1.807) is 6.20 Å². The van der Waals surface area contributed by atoms with Crippen LogP contribution >= 0.6 is 0 Å². The molecule has 2 aromatic rings. The predicted molar refractivity (Wildman–Crippen MR) is 99.5 cm³/mol. The standard InChI is InChI=1S/C19H21F2N5O2/c20-16-2-1-3-17(21)15(16)7-9-26-8-6-14(12-26)24-18-11-22-13(10-23-18)4-5-19(27)25-28/h1-5,10-11,14,28H,6-9,12H2,(H,23,24)(H,25,27)/b5-4+/t14-/m1/s1. The predicted octanol–water partition coefficient (Wildman–Crippen LogP) is 2.00. The van der Waals surface area contributed by atoms with E-state index in [-0.39, 0.29) is 11.6 Å². The summed E-state index contributed by atoms with van der Waals surface area (Å²) < 4.78 is 27.4. The zero-order chi connectivity index (χ0) is 19.9. The fraction of sp³-hybridized carbons (Fsp3) is 0.316. The summed E-state index contributed by atoms with van der Waals surface area (Å²) in [5.41, 5.74) is 2.10. The van der Waals surface area contributed by atoms with Gasteiger partial charge in [-0.25, -0.2) is 19.2 Å². The molecule has 2 heterocycles. The van der Waals surface area contributed by atoms with Crippen LogP contribution in [0.5, 0.6) is 0 Å². The number of hydrogen-bond donors (Lipinski definition) is 3. The molecule has 1 saturated heterocycles. The number of carbonyl (C=O) groups is 1. The minimum absolute atomic E-state index is 0.128. The highest BCUT2D eigenvalue weighted by Crippen LogP contribution is 2.17. The number of aromatic nitrogens is 2. The van der Waals surface area contributed by atoms with Gasteiger partial charge in [-0.3, -0.25) is 15.0 Å². The number of rotatable bonds is 7. The summed E-state index contributed by atoms with van der Waals surface area (Å²) in [7, 11) is 0. The molecule has 7 nitrogen and oxygen atoms in total. The summed E-state index contributed by atoms with van der Waals surface area (Å²) in [6, 6.07) is 4.09. The average Bonchev–Trinajstić information content (AvgIpc) is 3.14. The largest absolute Gasteiger partial charge is 0.365 e. The summed E-state index contributed by atoms with van der Waals surface area (Å²) in [4.78, 5) is 21.5. The van der Waals surface area contributed by atoms with Crippen molar-refractivity contribution in [3.63, 3.8) is 0 Å². The van der Waals surface area contributed by atoms with Crippen molar-refractivity contribution in [2.24, 2.45) is 0 Å². The van der Waals surface area contributed by atoms with E-state index in [0.717, 1.165) is 25.6 Å². The Morgan fingerprint density at radius 1 is 1.29 bits per heavy atom. The fourth-order valence-electron chi connectivity index (χ4n) is 3.10. The highest BCUT2D eigenvalue weighted by atomic mass is 19.1. The van der Waals surface area contributed by atoms with Gasteiger partial charge in [0.15, 0.2) is 0 Å². The summed E-state index contributed by atoms with van der Waals surface area (Å²) in [6.45, 7) is 2.16. The molecule has 1 aromatic carbocycles. The lowest BCUT2D eigenvalue weighted by Crippen LogP contribution is -2.28. The number of likely N-dealkylation sites (tertiary alicyclic amines) is 1. The molecule has 0 saturated carbocycles. The Bertz CT molecular complexity index is 824. The molecular weight excluding hydrogens is 368 g/mol. The second-order valence-corrected chi connectivity index (χ2v) is 6.52. The number of nitrogens with zero attached hydrogens (tertiary/aromatic N) is 3. The molecule has 1 amide bonds. The molecule has 0 spiro atoms. The van der Waals surface area contributed by atoms with E-state index >= 15 is 0 Å². The molecule has 1 atom stereocenters. The molecule has 0 unspecified atom stereocenters. The van der Waals surface area contributed by atoms with Crippen LogP contribution in [-0.4, -0.2) is 51.7 Å². The van der Waals surface area contributed by atoms with Gasteiger partial charge in [0.1, 0.15) is 17.5 Å². The van der Waals surface area contributed by atoms with Crippen molar-refractivity contribution in [1.29, 1.82) is 0 Å². The van der Waals surface area contributed by atoms with Crippen molar-refractivity contribution < 1.29 is 18.8 Å². The smallest absolute Gasteiger partial charge is 0.267 e. The van der Waals surface area contributed by atoms with Gasteiger partial charge >= 0.3 is 0 Å². The van der Waals surface area contributed by atoms with E-state index in [1.807, 2.05) is 0 Å². The van der Waals surface area contributed by atoms with Crippen molar-refractivity contribution >= 4 is 17.8 Å². The molecule has 1 fully saturated rings. The number of anilines is 1. The lowest BCUT2D eigenvalue weighted by Gasteiger charge is -2.17. The number of hydroxylamine groups is 1. The molecule has 1 aromatic heterocycles. The number of carbonyl (C=O) groups excluding carboxylic acids is 1. The third-order valence-electron chi connectivity index (χ3n) is 4.55. The third kappa shape index (κ3) is 5.30. The zero-order valence-corrected chi connectivity index (χ0v) is 15.1. The van der Waals surface area contributed by atoms with Crippen molar-refractivity contribution in [3.8, 4) is 0 Å². The van der Waals surface area contributed by atoms with Gasteiger partial charge in [0, 0.05) is 37.3 Å². The minimum atomic E-state index is -0.648. The van der Waals surface area contributed by atoms with E-state index in [4.69, 9.17) is 5.21 Å². The molecule has 9 heteroatoms. The van der Waals surface area contributed by atoms with Crippen LogP contribution in [0.1, 0.15) is 17.7 Å². The molecule has 3 N–H and O–H groups in total. The molecule has 1 aliphatic heterocycles. The Balaban J connectivity index is 1.48. The van der Waals surface area contributed by atoms with E-state index in [1.165, 1.54) is 36.0 Å². The van der Waals surface area contributed by atoms with Gasteiger partial charge in [-0.2, -0.15) is 0 Å². The summed E-state index contributed by atoms with van der Waals surface area (Å²) in [6.07, 6.45) is 6.87. The van der Waals surface area contributed by atoms with Crippen LogP contribution in [-0.2, 0) is 11.2 Å². The maximum atomic E-state index is 13.7. The van der Waals surface area contributed by atoms with Gasteiger partial charge in [-0.05, 0) is 31.1 Å². The lowest BCUT2D eigenvalue weighted by molar-refractivity contribution is -0.124. The molecule has 0 aliphatic carbocycles. The quantitative estimate of drug-likeness (QED) is 0.381. The Labute approximate surface area is 161 Å². The van der Waals surface area contributed by atoms with Crippen LogP contribution < -0.4 is 10.8 Å². The first-order valence-electron chi connectivity index (χ1n) is 8.91. The van der Waals surface area contributed by atoms with Crippen LogP contribution in [0.15, 0.2) is 36.7 Å². The van der Waals surface area contributed by atoms with Crippen molar-refractivity contribution in [2.75, 3.05) is 25.0 Å². The van der Waals surface area contributed by atoms with Gasteiger partial charge in [0.2, 0.25) is 0 Å². The summed E-state index contributed by atoms with van der Waals surface area (Å²) in [5.74, 6) is -1.05. The summed E-state index contributed by atoms with van der Waals surface area (Å²) in [5, 5.41) is 11.7. The number of amides is 1. The van der Waals surface area contributed by atoms with Crippen molar-refractivity contribution in [1.82, 2.24) is 20.3 Å². The van der Waals surface area contributed by atoms with Gasteiger partial charge in [0.05, 0.1) is 18.1 Å². The molecular formula is C19H21F2N5O2. The van der Waals surface area contributed by atoms with Gasteiger partial charge in [0.25, 0.3) is 5.91 Å². The zero-order valence-electron chi connectivity index (χ0n) is 15.1. The fourth-order valence-corrected chi connectivity index (χ4v) is 3.10. The van der Waals surface area contributed by atoms with Crippen LogP contribution in [0.3, 0.4) is 0 Å². The minimum Gasteiger partial charge on any atom is -0.365 e. The van der Waals surface area contributed by atoms with Gasteiger partial charge in [-0.1, -0.05) is 6.07 Å². The topological polar surface area (TPSA) is 90.4 Å². The van der Waals surface area contributed by atoms with E-state index < -0.39 is 17.5 Å². The first-order valence-corrected chi connectivity index (χ1v) is 8.91. The lowest BCUT2D eigenvalue weighted by atomic mass is 10.1. The Hall–Kier alpha value is -2.91. The molecule has 28 heavy (non-hydrogen) atoms. The molecule has 0 radical (unpaired) electrons. The second-order valence-electron chi connectivity index (χ2n) is 6.52. The molecule has 0 bridgehead atoms. The normalized spacial score (nSPS) is 17.2. The Morgan fingerprint density at radius 2 is 2.07 bits per heavy atom. The van der Waals surface area contributed by atoms with Crippen molar-refractivity contribution in [2.45, 2.75) is 18.9 Å². The van der Waals surface area contributed by atoms with Gasteiger partial charge in [-0.15, -0.1) is 0 Å². The number of halogens is 2. The van der Waals surface area contributed by atoms with Crippen LogP contribution in [0.2, 0.25) is 0 Å². The number of benzene rings is 1. The van der Waals surface area contributed by atoms with Crippen molar-refractivity contribution in [3.05, 3.63) is 59.6 Å². The molecule has 3 rings (SSSR count).